The molecule has 1 rings (SSSR count). The molecule has 0 saturated heterocycles. The number of hydrogen-bond donors (Lipinski definition) is 1. The highest BCUT2D eigenvalue weighted by atomic mass is 16.5. The molecule has 0 atom stereocenters. The highest BCUT2D eigenvalue weighted by Gasteiger charge is 2.29. The minimum absolute atomic E-state index is 0.635. The number of hydrogen-bond acceptors (Lipinski definition) is 2. The minimum atomic E-state index is -1.20. The summed E-state index contributed by atoms with van der Waals surface area (Å²) in [5, 5.41) is 8.99. The topological polar surface area (TPSA) is 46.5 Å². The van der Waals surface area contributed by atoms with Gasteiger partial charge in [0.25, 0.3) is 0 Å². The molecule has 0 fully saturated rings. The molecule has 0 aliphatic rings. The van der Waals surface area contributed by atoms with Gasteiger partial charge in [-0.2, -0.15) is 0 Å². The van der Waals surface area contributed by atoms with Crippen LogP contribution in [0, 0.1) is 20.8 Å². The summed E-state index contributed by atoms with van der Waals surface area (Å²) < 4.78 is 5.53. The molecular weight excluding hydrogens is 204 g/mol. The highest BCUT2D eigenvalue weighted by molar-refractivity contribution is 5.76. The van der Waals surface area contributed by atoms with Crippen molar-refractivity contribution in [2.24, 2.45) is 0 Å². The zero-order chi connectivity index (χ0) is 12.5. The van der Waals surface area contributed by atoms with Crippen LogP contribution in [0.5, 0.6) is 5.75 Å². The standard InChI is InChI=1S/C13H18O3/c1-8-6-10(3)11(7-9(8)2)16-13(4,5)12(14)15/h6-7H,1-5H3,(H,14,15). The van der Waals surface area contributed by atoms with E-state index in [0.29, 0.717) is 5.75 Å². The number of aliphatic carboxylic acids is 1. The first-order valence-electron chi connectivity index (χ1n) is 5.24. The minimum Gasteiger partial charge on any atom is -0.478 e. The van der Waals surface area contributed by atoms with Crippen LogP contribution in [0.1, 0.15) is 30.5 Å². The van der Waals surface area contributed by atoms with E-state index in [-0.39, 0.29) is 0 Å². The van der Waals surface area contributed by atoms with Crippen LogP contribution >= 0.6 is 0 Å². The third-order valence-electron chi connectivity index (χ3n) is 2.67. The van der Waals surface area contributed by atoms with Gasteiger partial charge in [0, 0.05) is 0 Å². The molecule has 16 heavy (non-hydrogen) atoms. The molecule has 0 spiro atoms. The van der Waals surface area contributed by atoms with Crippen molar-refractivity contribution in [1.82, 2.24) is 0 Å². The van der Waals surface area contributed by atoms with Gasteiger partial charge in [0.05, 0.1) is 0 Å². The van der Waals surface area contributed by atoms with E-state index in [1.54, 1.807) is 13.8 Å². The van der Waals surface area contributed by atoms with E-state index in [2.05, 4.69) is 0 Å². The molecule has 0 bridgehead atoms. The highest BCUT2D eigenvalue weighted by Crippen LogP contribution is 2.26. The smallest absolute Gasteiger partial charge is 0.347 e. The lowest BCUT2D eigenvalue weighted by Gasteiger charge is -2.23. The van der Waals surface area contributed by atoms with Crippen LogP contribution < -0.4 is 4.74 Å². The predicted octanol–water partition coefficient (Wildman–Crippen LogP) is 2.85. The van der Waals surface area contributed by atoms with Crippen LogP contribution in [0.3, 0.4) is 0 Å². The summed E-state index contributed by atoms with van der Waals surface area (Å²) in [6.07, 6.45) is 0. The molecule has 1 N–H and O–H groups in total. The molecule has 0 unspecified atom stereocenters. The summed E-state index contributed by atoms with van der Waals surface area (Å²) in [6.45, 7) is 9.01. The second-order valence-corrected chi connectivity index (χ2v) is 4.62. The Labute approximate surface area is 96.1 Å². The van der Waals surface area contributed by atoms with Gasteiger partial charge in [-0.15, -0.1) is 0 Å². The third kappa shape index (κ3) is 2.54. The number of benzene rings is 1. The lowest BCUT2D eigenvalue weighted by molar-refractivity contribution is -0.152. The molecule has 0 radical (unpaired) electrons. The van der Waals surface area contributed by atoms with Crippen molar-refractivity contribution in [2.75, 3.05) is 0 Å². The zero-order valence-corrected chi connectivity index (χ0v) is 10.4. The van der Waals surface area contributed by atoms with Gasteiger partial charge in [0.15, 0.2) is 5.60 Å². The number of ether oxygens (including phenoxy) is 1. The van der Waals surface area contributed by atoms with Crippen molar-refractivity contribution in [2.45, 2.75) is 40.2 Å². The molecule has 0 aliphatic heterocycles. The van der Waals surface area contributed by atoms with Crippen LogP contribution in [-0.4, -0.2) is 16.7 Å². The van der Waals surface area contributed by atoms with Crippen LogP contribution in [0.15, 0.2) is 12.1 Å². The van der Waals surface area contributed by atoms with E-state index in [9.17, 15) is 4.79 Å². The molecule has 0 amide bonds. The van der Waals surface area contributed by atoms with Crippen LogP contribution in [-0.2, 0) is 4.79 Å². The molecule has 0 aromatic heterocycles. The van der Waals surface area contributed by atoms with E-state index < -0.39 is 11.6 Å². The van der Waals surface area contributed by atoms with Crippen molar-refractivity contribution >= 4 is 5.97 Å². The fourth-order valence-corrected chi connectivity index (χ4v) is 1.36. The Bertz CT molecular complexity index is 419. The van der Waals surface area contributed by atoms with E-state index >= 15 is 0 Å². The maximum atomic E-state index is 11.0. The molecule has 3 heteroatoms. The Morgan fingerprint density at radius 2 is 1.62 bits per heavy atom. The van der Waals surface area contributed by atoms with Crippen LogP contribution in [0.2, 0.25) is 0 Å². The number of rotatable bonds is 3. The number of aryl methyl sites for hydroxylation is 3. The first-order valence-corrected chi connectivity index (χ1v) is 5.24. The van der Waals surface area contributed by atoms with Gasteiger partial charge >= 0.3 is 5.97 Å². The number of carboxylic acid groups (broad SMARTS) is 1. The van der Waals surface area contributed by atoms with Crippen LogP contribution in [0.25, 0.3) is 0 Å². The molecule has 0 saturated carbocycles. The summed E-state index contributed by atoms with van der Waals surface area (Å²) >= 11 is 0. The van der Waals surface area contributed by atoms with Gasteiger partial charge in [0.2, 0.25) is 0 Å². The lowest BCUT2D eigenvalue weighted by Crippen LogP contribution is -2.38. The molecular formula is C13H18O3. The first-order chi connectivity index (χ1) is 7.24. The van der Waals surface area contributed by atoms with E-state index in [4.69, 9.17) is 9.84 Å². The summed E-state index contributed by atoms with van der Waals surface area (Å²) in [4.78, 5) is 11.0. The quantitative estimate of drug-likeness (QED) is 0.855. The van der Waals surface area contributed by atoms with Gasteiger partial charge in [-0.25, -0.2) is 4.79 Å². The maximum Gasteiger partial charge on any atom is 0.347 e. The largest absolute Gasteiger partial charge is 0.478 e. The monoisotopic (exact) mass is 222 g/mol. The maximum absolute atomic E-state index is 11.0. The summed E-state index contributed by atoms with van der Waals surface area (Å²) in [6, 6.07) is 3.89. The second-order valence-electron chi connectivity index (χ2n) is 4.62. The third-order valence-corrected chi connectivity index (χ3v) is 2.67. The Balaban J connectivity index is 3.07. The lowest BCUT2D eigenvalue weighted by atomic mass is 10.0. The Kier molecular flexibility index (Phi) is 3.27. The van der Waals surface area contributed by atoms with E-state index in [1.807, 2.05) is 32.9 Å². The zero-order valence-electron chi connectivity index (χ0n) is 10.4. The average molecular weight is 222 g/mol. The second kappa shape index (κ2) is 4.16. The fourth-order valence-electron chi connectivity index (χ4n) is 1.36. The van der Waals surface area contributed by atoms with Gasteiger partial charge in [0.1, 0.15) is 5.75 Å². The van der Waals surface area contributed by atoms with E-state index in [0.717, 1.165) is 11.1 Å². The van der Waals surface area contributed by atoms with Crippen molar-refractivity contribution in [3.63, 3.8) is 0 Å². The van der Waals surface area contributed by atoms with Crippen LogP contribution in [0.4, 0.5) is 0 Å². The van der Waals surface area contributed by atoms with Gasteiger partial charge in [-0.05, 0) is 57.4 Å². The van der Waals surface area contributed by atoms with Crippen molar-refractivity contribution < 1.29 is 14.6 Å². The molecule has 1 aromatic rings. The Hall–Kier alpha value is -1.51. The van der Waals surface area contributed by atoms with Crippen molar-refractivity contribution in [1.29, 1.82) is 0 Å². The average Bonchev–Trinajstić information content (AvgIpc) is 2.13. The van der Waals surface area contributed by atoms with Crippen molar-refractivity contribution in [3.05, 3.63) is 28.8 Å². The Morgan fingerprint density at radius 3 is 2.12 bits per heavy atom. The summed E-state index contributed by atoms with van der Waals surface area (Å²) in [5.74, 6) is -0.333. The van der Waals surface area contributed by atoms with E-state index in [1.165, 1.54) is 5.56 Å². The SMILES string of the molecule is Cc1cc(C)c(OC(C)(C)C(=O)O)cc1C. The number of carboxylic acids is 1. The Morgan fingerprint density at radius 1 is 1.12 bits per heavy atom. The summed E-state index contributed by atoms with van der Waals surface area (Å²) in [7, 11) is 0. The summed E-state index contributed by atoms with van der Waals surface area (Å²) in [5.41, 5.74) is 2.03. The molecule has 0 heterocycles. The first kappa shape index (κ1) is 12.6. The number of carbonyl (C=O) groups is 1. The normalized spacial score (nSPS) is 11.3. The van der Waals surface area contributed by atoms with Crippen molar-refractivity contribution in [3.8, 4) is 5.75 Å². The molecule has 88 valence electrons. The van der Waals surface area contributed by atoms with Gasteiger partial charge in [-0.3, -0.25) is 0 Å². The van der Waals surface area contributed by atoms with Gasteiger partial charge in [-0.1, -0.05) is 6.07 Å². The molecule has 3 nitrogen and oxygen atoms in total. The fraction of sp³-hybridized carbons (Fsp3) is 0.462. The van der Waals surface area contributed by atoms with Gasteiger partial charge < -0.3 is 9.84 Å². The predicted molar refractivity (Wildman–Crippen MR) is 63.0 cm³/mol. The molecule has 0 aliphatic carbocycles. The molecule has 1 aromatic carbocycles.